The van der Waals surface area contributed by atoms with Crippen molar-refractivity contribution in [3.8, 4) is 0 Å². The van der Waals surface area contributed by atoms with E-state index >= 15 is 0 Å². The van der Waals surface area contributed by atoms with Gasteiger partial charge < -0.3 is 19.6 Å². The van der Waals surface area contributed by atoms with Gasteiger partial charge in [0, 0.05) is 38.3 Å². The molecular formula is C23H28FN3O5S. The summed E-state index contributed by atoms with van der Waals surface area (Å²) in [6, 6.07) is 10.5. The number of carbonyl (C=O) groups excluding carboxylic acids is 1. The number of hydrogen-bond acceptors (Lipinski definition) is 6. The Balaban J connectivity index is 1.53. The van der Waals surface area contributed by atoms with Gasteiger partial charge in [0.1, 0.15) is 5.82 Å². The van der Waals surface area contributed by atoms with E-state index in [1.54, 1.807) is 23.1 Å². The Kier molecular flexibility index (Phi) is 6.71. The molecule has 2 aliphatic heterocycles. The van der Waals surface area contributed by atoms with Crippen LogP contribution < -0.4 is 10.0 Å². The molecule has 2 aromatic rings. The van der Waals surface area contributed by atoms with Crippen LogP contribution in [0.25, 0.3) is 0 Å². The lowest BCUT2D eigenvalue weighted by Crippen LogP contribution is -2.48. The van der Waals surface area contributed by atoms with E-state index in [1.165, 1.54) is 24.3 Å². The number of halogens is 1. The molecule has 0 aliphatic carbocycles. The summed E-state index contributed by atoms with van der Waals surface area (Å²) in [5.41, 5.74) is 0.558. The number of primary sulfonamides is 1. The zero-order valence-electron chi connectivity index (χ0n) is 18.2. The zero-order chi connectivity index (χ0) is 23.6. The molecule has 178 valence electrons. The maximum atomic E-state index is 13.5. The monoisotopic (exact) mass is 477 g/mol. The molecule has 0 aromatic heterocycles. The third-order valence-corrected chi connectivity index (χ3v) is 7.19. The van der Waals surface area contributed by atoms with Crippen molar-refractivity contribution in [3.63, 3.8) is 0 Å². The average Bonchev–Trinajstić information content (AvgIpc) is 2.78. The van der Waals surface area contributed by atoms with Gasteiger partial charge in [-0.2, -0.15) is 0 Å². The number of carbonyl (C=O) groups is 1. The Morgan fingerprint density at radius 3 is 2.42 bits per heavy atom. The highest BCUT2D eigenvalue weighted by Crippen LogP contribution is 2.30. The van der Waals surface area contributed by atoms with E-state index < -0.39 is 15.6 Å². The highest BCUT2D eigenvalue weighted by Gasteiger charge is 2.35. The molecule has 2 aliphatic rings. The van der Waals surface area contributed by atoms with Crippen molar-refractivity contribution >= 4 is 21.6 Å². The number of anilines is 1. The molecule has 0 bridgehead atoms. The van der Waals surface area contributed by atoms with Gasteiger partial charge in [0.15, 0.2) is 0 Å². The number of hydrogen-bond donors (Lipinski definition) is 2. The smallest absolute Gasteiger partial charge is 0.256 e. The van der Waals surface area contributed by atoms with Crippen molar-refractivity contribution in [1.82, 2.24) is 4.90 Å². The summed E-state index contributed by atoms with van der Waals surface area (Å²) in [6.07, 6.45) is 0.959. The first kappa shape index (κ1) is 23.6. The van der Waals surface area contributed by atoms with Gasteiger partial charge in [-0.1, -0.05) is 12.1 Å². The van der Waals surface area contributed by atoms with Gasteiger partial charge in [-0.15, -0.1) is 0 Å². The number of likely N-dealkylation sites (tertiary alicyclic amines) is 1. The van der Waals surface area contributed by atoms with Crippen LogP contribution in [0.4, 0.5) is 10.1 Å². The minimum absolute atomic E-state index is 0.123. The lowest BCUT2D eigenvalue weighted by Gasteiger charge is -2.39. The number of ether oxygens (including phenoxy) is 1. The van der Waals surface area contributed by atoms with E-state index in [0.29, 0.717) is 69.9 Å². The normalized spacial score (nSPS) is 18.9. The van der Waals surface area contributed by atoms with Crippen LogP contribution in [0.3, 0.4) is 0 Å². The lowest BCUT2D eigenvalue weighted by atomic mass is 9.85. The molecule has 0 atom stereocenters. The van der Waals surface area contributed by atoms with E-state index in [2.05, 4.69) is 0 Å². The van der Waals surface area contributed by atoms with Gasteiger partial charge >= 0.3 is 0 Å². The second-order valence-electron chi connectivity index (χ2n) is 8.65. The number of morpholine rings is 1. The van der Waals surface area contributed by atoms with Gasteiger partial charge in [0.2, 0.25) is 10.0 Å². The predicted octanol–water partition coefficient (Wildman–Crippen LogP) is 1.52. The summed E-state index contributed by atoms with van der Waals surface area (Å²) in [7, 11) is -3.98. The van der Waals surface area contributed by atoms with Crippen LogP contribution in [0, 0.1) is 5.82 Å². The maximum Gasteiger partial charge on any atom is 0.256 e. The second kappa shape index (κ2) is 9.38. The molecule has 2 aromatic carbocycles. The molecular weight excluding hydrogens is 449 g/mol. The molecule has 2 saturated heterocycles. The summed E-state index contributed by atoms with van der Waals surface area (Å²) in [6.45, 7) is 2.80. The van der Waals surface area contributed by atoms with E-state index in [9.17, 15) is 22.7 Å². The van der Waals surface area contributed by atoms with Crippen molar-refractivity contribution in [2.24, 2.45) is 5.14 Å². The predicted molar refractivity (Wildman–Crippen MR) is 121 cm³/mol. The van der Waals surface area contributed by atoms with Gasteiger partial charge in [0.05, 0.1) is 29.3 Å². The van der Waals surface area contributed by atoms with Gasteiger partial charge in [-0.3, -0.25) is 4.79 Å². The average molecular weight is 478 g/mol. The molecule has 0 radical (unpaired) electrons. The van der Waals surface area contributed by atoms with E-state index in [-0.39, 0.29) is 22.2 Å². The lowest BCUT2D eigenvalue weighted by molar-refractivity contribution is -0.0162. The van der Waals surface area contributed by atoms with Gasteiger partial charge in [-0.05, 0) is 48.7 Å². The van der Waals surface area contributed by atoms with Crippen molar-refractivity contribution in [3.05, 3.63) is 59.4 Å². The summed E-state index contributed by atoms with van der Waals surface area (Å²) in [5.74, 6) is -0.663. The Bertz CT molecular complexity index is 1130. The fourth-order valence-electron chi connectivity index (χ4n) is 4.44. The summed E-state index contributed by atoms with van der Waals surface area (Å²) < 4.78 is 42.7. The summed E-state index contributed by atoms with van der Waals surface area (Å²) in [4.78, 5) is 16.9. The molecule has 0 unspecified atom stereocenters. The molecule has 0 saturated carbocycles. The second-order valence-corrected chi connectivity index (χ2v) is 10.2. The third-order valence-electron chi connectivity index (χ3n) is 6.28. The number of rotatable bonds is 5. The molecule has 1 amide bonds. The van der Waals surface area contributed by atoms with Crippen LogP contribution in [-0.4, -0.2) is 69.3 Å². The molecule has 8 nitrogen and oxygen atoms in total. The van der Waals surface area contributed by atoms with Crippen LogP contribution in [0.15, 0.2) is 47.4 Å². The van der Waals surface area contributed by atoms with Gasteiger partial charge in [-0.25, -0.2) is 17.9 Å². The van der Waals surface area contributed by atoms with Crippen molar-refractivity contribution in [1.29, 1.82) is 0 Å². The maximum absolute atomic E-state index is 13.5. The Labute approximate surface area is 192 Å². The van der Waals surface area contributed by atoms with E-state index in [4.69, 9.17) is 9.88 Å². The molecule has 2 heterocycles. The van der Waals surface area contributed by atoms with Crippen LogP contribution in [0.2, 0.25) is 0 Å². The summed E-state index contributed by atoms with van der Waals surface area (Å²) in [5, 5.41) is 16.3. The highest BCUT2D eigenvalue weighted by atomic mass is 32.2. The molecule has 4 rings (SSSR count). The largest absolute Gasteiger partial charge is 0.389 e. The topological polar surface area (TPSA) is 113 Å². The zero-order valence-corrected chi connectivity index (χ0v) is 19.1. The number of nitrogens with zero attached hydrogens (tertiary/aromatic N) is 2. The van der Waals surface area contributed by atoms with Crippen LogP contribution in [-0.2, 0) is 21.2 Å². The minimum atomic E-state index is -3.98. The van der Waals surface area contributed by atoms with Gasteiger partial charge in [0.25, 0.3) is 5.91 Å². The number of amides is 1. The first-order chi connectivity index (χ1) is 15.6. The Morgan fingerprint density at radius 1 is 1.09 bits per heavy atom. The summed E-state index contributed by atoms with van der Waals surface area (Å²) >= 11 is 0. The quantitative estimate of drug-likeness (QED) is 0.675. The Morgan fingerprint density at radius 2 is 1.79 bits per heavy atom. The number of benzene rings is 2. The Hall–Kier alpha value is -2.53. The van der Waals surface area contributed by atoms with Crippen LogP contribution >= 0.6 is 0 Å². The standard InChI is InChI=1S/C23H28FN3O5S/c24-18-3-1-2-17(14-18)16-23(29)6-8-27(9-7-23)22(28)20-15-19(33(25,30)31)4-5-21(20)26-10-12-32-13-11-26/h1-5,14-15,29H,6-13,16H2,(H2,25,30,31). The van der Waals surface area contributed by atoms with Crippen molar-refractivity contribution in [2.75, 3.05) is 44.3 Å². The van der Waals surface area contributed by atoms with E-state index in [1.807, 2.05) is 4.90 Å². The number of nitrogens with two attached hydrogens (primary N) is 1. The molecule has 10 heteroatoms. The minimum Gasteiger partial charge on any atom is -0.389 e. The first-order valence-corrected chi connectivity index (χ1v) is 12.4. The van der Waals surface area contributed by atoms with Crippen molar-refractivity contribution < 1.29 is 27.4 Å². The highest BCUT2D eigenvalue weighted by molar-refractivity contribution is 7.89. The number of piperidine rings is 1. The number of sulfonamides is 1. The number of aliphatic hydroxyl groups is 1. The fraction of sp³-hybridized carbons (Fsp3) is 0.435. The molecule has 33 heavy (non-hydrogen) atoms. The SMILES string of the molecule is NS(=O)(=O)c1ccc(N2CCOCC2)c(C(=O)N2CCC(O)(Cc3cccc(F)c3)CC2)c1. The van der Waals surface area contributed by atoms with Crippen LogP contribution in [0.1, 0.15) is 28.8 Å². The van der Waals surface area contributed by atoms with Crippen molar-refractivity contribution in [2.45, 2.75) is 29.8 Å². The molecule has 2 fully saturated rings. The van der Waals surface area contributed by atoms with E-state index in [0.717, 1.165) is 0 Å². The first-order valence-electron chi connectivity index (χ1n) is 10.9. The molecule has 3 N–H and O–H groups in total. The molecule has 0 spiro atoms. The van der Waals surface area contributed by atoms with Crippen LogP contribution in [0.5, 0.6) is 0 Å². The third kappa shape index (κ3) is 5.52. The fourth-order valence-corrected chi connectivity index (χ4v) is 4.98.